The van der Waals surface area contributed by atoms with E-state index in [2.05, 4.69) is 5.32 Å². The average molecular weight is 337 g/mol. The van der Waals surface area contributed by atoms with Gasteiger partial charge in [0.2, 0.25) is 5.91 Å². The van der Waals surface area contributed by atoms with Crippen LogP contribution in [0.5, 0.6) is 5.75 Å². The number of nitrogens with two attached hydrogens (primary N) is 1. The van der Waals surface area contributed by atoms with Crippen LogP contribution >= 0.6 is 0 Å². The first-order valence-corrected chi connectivity index (χ1v) is 8.28. The third kappa shape index (κ3) is 5.40. The second-order valence-electron chi connectivity index (χ2n) is 5.86. The summed E-state index contributed by atoms with van der Waals surface area (Å²) in [6.45, 7) is 1.36. The summed E-state index contributed by atoms with van der Waals surface area (Å²) in [5, 5.41) is 2.57. The molecule has 132 valence electrons. The van der Waals surface area contributed by atoms with E-state index in [4.69, 9.17) is 10.5 Å². The van der Waals surface area contributed by atoms with Crippen LogP contribution in [0.1, 0.15) is 32.1 Å². The topological polar surface area (TPSA) is 84.7 Å². The summed E-state index contributed by atoms with van der Waals surface area (Å²) in [4.78, 5) is 25.0. The van der Waals surface area contributed by atoms with Gasteiger partial charge < -0.3 is 20.7 Å². The lowest BCUT2D eigenvalue weighted by atomic mass is 10.0. The van der Waals surface area contributed by atoms with Crippen LogP contribution in [0.2, 0.25) is 0 Å². The summed E-state index contributed by atoms with van der Waals surface area (Å²) in [5.74, 6) is -0.174. The van der Waals surface area contributed by atoms with Crippen molar-refractivity contribution in [2.24, 2.45) is 5.73 Å². The van der Waals surface area contributed by atoms with Crippen molar-refractivity contribution in [2.45, 2.75) is 38.1 Å². The molecule has 1 aromatic carbocycles. The van der Waals surface area contributed by atoms with Crippen LogP contribution in [-0.4, -0.2) is 42.6 Å². The normalized spacial score (nSPS) is 17.4. The molecule has 0 radical (unpaired) electrons. The van der Waals surface area contributed by atoms with E-state index in [1.807, 2.05) is 4.90 Å². The molecular weight excluding hydrogens is 313 g/mol. The number of benzene rings is 1. The highest BCUT2D eigenvalue weighted by molar-refractivity contribution is 5.77. The first kappa shape index (κ1) is 18.0. The van der Waals surface area contributed by atoms with E-state index < -0.39 is 11.8 Å². The lowest BCUT2D eigenvalue weighted by Crippen LogP contribution is -2.50. The smallest absolute Gasteiger partial charge is 0.312 e. The monoisotopic (exact) mass is 337 g/mol. The van der Waals surface area contributed by atoms with E-state index in [-0.39, 0.29) is 24.3 Å². The van der Waals surface area contributed by atoms with E-state index in [9.17, 15) is 14.0 Å². The highest BCUT2D eigenvalue weighted by Gasteiger charge is 2.26. The van der Waals surface area contributed by atoms with Crippen molar-refractivity contribution in [3.63, 3.8) is 0 Å². The maximum absolute atomic E-state index is 13.4. The van der Waals surface area contributed by atoms with Crippen LogP contribution in [0.3, 0.4) is 0 Å². The molecule has 0 saturated carbocycles. The standard InChI is InChI=1S/C17H24FN3O3/c18-14-7-1-2-8-15(14)24-11-5-9-16(22)21-10-4-3-6-13(21)12-20-17(19)23/h1-2,7-8,13H,3-6,9-12H2,(H3,19,20,23)/t13-/m1/s1. The van der Waals surface area contributed by atoms with Crippen molar-refractivity contribution >= 4 is 11.9 Å². The summed E-state index contributed by atoms with van der Waals surface area (Å²) in [5.41, 5.74) is 5.10. The fourth-order valence-electron chi connectivity index (χ4n) is 2.87. The number of ether oxygens (including phenoxy) is 1. The number of primary amides is 1. The highest BCUT2D eigenvalue weighted by atomic mass is 19.1. The Hall–Kier alpha value is -2.31. The predicted octanol–water partition coefficient (Wildman–Crippen LogP) is 2.03. The first-order chi connectivity index (χ1) is 11.6. The van der Waals surface area contributed by atoms with Crippen molar-refractivity contribution in [1.29, 1.82) is 0 Å². The summed E-state index contributed by atoms with van der Waals surface area (Å²) >= 11 is 0. The fourth-order valence-corrected chi connectivity index (χ4v) is 2.87. The Bertz CT molecular complexity index is 568. The Kier molecular flexibility index (Phi) is 6.84. The van der Waals surface area contributed by atoms with E-state index in [0.29, 0.717) is 25.9 Å². The maximum atomic E-state index is 13.4. The number of halogens is 1. The number of likely N-dealkylation sites (tertiary alicyclic amines) is 1. The number of piperidine rings is 1. The molecule has 1 atom stereocenters. The number of carbonyl (C=O) groups excluding carboxylic acids is 2. The van der Waals surface area contributed by atoms with Crippen LogP contribution in [0, 0.1) is 5.82 Å². The Morgan fingerprint density at radius 1 is 1.33 bits per heavy atom. The molecule has 0 aromatic heterocycles. The summed E-state index contributed by atoms with van der Waals surface area (Å²) < 4.78 is 18.8. The minimum atomic E-state index is -0.578. The van der Waals surface area contributed by atoms with Crippen molar-refractivity contribution in [1.82, 2.24) is 10.2 Å². The molecule has 0 spiro atoms. The number of para-hydroxylation sites is 1. The molecule has 2 rings (SSSR count). The molecule has 0 unspecified atom stereocenters. The maximum Gasteiger partial charge on any atom is 0.312 e. The second kappa shape index (κ2) is 9.10. The molecule has 7 heteroatoms. The number of nitrogens with one attached hydrogen (secondary N) is 1. The minimum Gasteiger partial charge on any atom is -0.491 e. The van der Waals surface area contributed by atoms with Gasteiger partial charge in [-0.3, -0.25) is 4.79 Å². The van der Waals surface area contributed by atoms with Gasteiger partial charge in [0.25, 0.3) is 0 Å². The van der Waals surface area contributed by atoms with Gasteiger partial charge in [0.05, 0.1) is 6.61 Å². The third-order valence-corrected chi connectivity index (χ3v) is 4.09. The lowest BCUT2D eigenvalue weighted by molar-refractivity contribution is -0.135. The van der Waals surface area contributed by atoms with Gasteiger partial charge in [-0.15, -0.1) is 0 Å². The quantitative estimate of drug-likeness (QED) is 0.747. The molecule has 1 aliphatic heterocycles. The van der Waals surface area contributed by atoms with Crippen molar-refractivity contribution < 1.29 is 18.7 Å². The van der Waals surface area contributed by atoms with Gasteiger partial charge in [0, 0.05) is 25.6 Å². The Morgan fingerprint density at radius 3 is 2.88 bits per heavy atom. The molecule has 1 heterocycles. The van der Waals surface area contributed by atoms with Crippen molar-refractivity contribution in [3.8, 4) is 5.75 Å². The van der Waals surface area contributed by atoms with Gasteiger partial charge in [-0.2, -0.15) is 0 Å². The Labute approximate surface area is 141 Å². The minimum absolute atomic E-state index is 0.00811. The van der Waals surface area contributed by atoms with Crippen LogP contribution in [0.15, 0.2) is 24.3 Å². The SMILES string of the molecule is NC(=O)NC[C@H]1CCCCN1C(=O)CCCOc1ccccc1F. The zero-order valence-corrected chi connectivity index (χ0v) is 13.7. The van der Waals surface area contributed by atoms with Gasteiger partial charge in [0.15, 0.2) is 11.6 Å². The van der Waals surface area contributed by atoms with Gasteiger partial charge in [-0.25, -0.2) is 9.18 Å². The molecule has 1 aliphatic rings. The zero-order valence-electron chi connectivity index (χ0n) is 13.7. The van der Waals surface area contributed by atoms with Crippen LogP contribution in [0.4, 0.5) is 9.18 Å². The number of urea groups is 1. The van der Waals surface area contributed by atoms with Gasteiger partial charge in [0.1, 0.15) is 0 Å². The summed E-state index contributed by atoms with van der Waals surface area (Å²) in [6, 6.07) is 5.62. The van der Waals surface area contributed by atoms with Crippen molar-refractivity contribution in [2.75, 3.05) is 19.7 Å². The first-order valence-electron chi connectivity index (χ1n) is 8.28. The lowest BCUT2D eigenvalue weighted by Gasteiger charge is -2.36. The molecule has 0 aliphatic carbocycles. The van der Waals surface area contributed by atoms with Crippen LogP contribution in [-0.2, 0) is 4.79 Å². The van der Waals surface area contributed by atoms with Crippen molar-refractivity contribution in [3.05, 3.63) is 30.1 Å². The van der Waals surface area contributed by atoms with Gasteiger partial charge in [-0.05, 0) is 37.8 Å². The molecule has 0 bridgehead atoms. The molecule has 3 N–H and O–H groups in total. The molecule has 24 heavy (non-hydrogen) atoms. The van der Waals surface area contributed by atoms with Crippen LogP contribution in [0.25, 0.3) is 0 Å². The predicted molar refractivity (Wildman–Crippen MR) is 88.1 cm³/mol. The summed E-state index contributed by atoms with van der Waals surface area (Å²) in [7, 11) is 0. The molecule has 6 nitrogen and oxygen atoms in total. The number of rotatable bonds is 7. The van der Waals surface area contributed by atoms with E-state index in [1.54, 1.807) is 18.2 Å². The number of hydrogen-bond acceptors (Lipinski definition) is 3. The number of hydrogen-bond donors (Lipinski definition) is 2. The number of nitrogens with zero attached hydrogens (tertiary/aromatic N) is 1. The Morgan fingerprint density at radius 2 is 2.12 bits per heavy atom. The van der Waals surface area contributed by atoms with Gasteiger partial charge in [-0.1, -0.05) is 12.1 Å². The summed E-state index contributed by atoms with van der Waals surface area (Å²) in [6.07, 6.45) is 3.70. The number of carbonyl (C=O) groups is 2. The largest absolute Gasteiger partial charge is 0.491 e. The fraction of sp³-hybridized carbons (Fsp3) is 0.529. The average Bonchev–Trinajstić information content (AvgIpc) is 2.58. The second-order valence-corrected chi connectivity index (χ2v) is 5.86. The van der Waals surface area contributed by atoms with E-state index in [0.717, 1.165) is 19.3 Å². The molecule has 3 amide bonds. The number of amides is 3. The van der Waals surface area contributed by atoms with E-state index in [1.165, 1.54) is 6.07 Å². The van der Waals surface area contributed by atoms with Crippen LogP contribution < -0.4 is 15.8 Å². The third-order valence-electron chi connectivity index (χ3n) is 4.09. The Balaban J connectivity index is 1.75. The highest BCUT2D eigenvalue weighted by Crippen LogP contribution is 2.19. The molecule has 1 aromatic rings. The zero-order chi connectivity index (χ0) is 17.4. The van der Waals surface area contributed by atoms with Gasteiger partial charge >= 0.3 is 6.03 Å². The van der Waals surface area contributed by atoms with E-state index >= 15 is 0 Å². The molecule has 1 fully saturated rings. The molecule has 1 saturated heterocycles. The molecular formula is C17H24FN3O3.